The van der Waals surface area contributed by atoms with Crippen molar-refractivity contribution in [2.75, 3.05) is 32.8 Å². The third-order valence-corrected chi connectivity index (χ3v) is 6.27. The number of amides is 2. The first-order valence-electron chi connectivity index (χ1n) is 10.3. The zero-order chi connectivity index (χ0) is 21.0. The van der Waals surface area contributed by atoms with Gasteiger partial charge >= 0.3 is 0 Å². The van der Waals surface area contributed by atoms with Crippen molar-refractivity contribution in [1.82, 2.24) is 25.4 Å². The molecule has 30 heavy (non-hydrogen) atoms. The molecule has 158 valence electrons. The highest BCUT2D eigenvalue weighted by molar-refractivity contribution is 6.30. The molecule has 1 aromatic heterocycles. The molecule has 0 radical (unpaired) electrons. The van der Waals surface area contributed by atoms with Gasteiger partial charge in [-0.1, -0.05) is 23.7 Å². The summed E-state index contributed by atoms with van der Waals surface area (Å²) < 4.78 is 0. The summed E-state index contributed by atoms with van der Waals surface area (Å²) in [5.41, 5.74) is 1.23. The van der Waals surface area contributed by atoms with Gasteiger partial charge in [-0.2, -0.15) is 0 Å². The van der Waals surface area contributed by atoms with Gasteiger partial charge in [0.15, 0.2) is 0 Å². The Kier molecular flexibility index (Phi) is 6.32. The number of rotatable bonds is 6. The summed E-state index contributed by atoms with van der Waals surface area (Å²) in [4.78, 5) is 33.7. The van der Waals surface area contributed by atoms with Gasteiger partial charge < -0.3 is 15.5 Å². The molecule has 1 aromatic carbocycles. The van der Waals surface area contributed by atoms with Gasteiger partial charge in [-0.25, -0.2) is 0 Å². The molecule has 0 unspecified atom stereocenters. The fourth-order valence-corrected chi connectivity index (χ4v) is 4.49. The fourth-order valence-electron chi connectivity index (χ4n) is 4.30. The van der Waals surface area contributed by atoms with Crippen molar-refractivity contribution in [1.29, 1.82) is 0 Å². The average molecular weight is 428 g/mol. The number of piperidine rings is 1. The molecular formula is C22H26ClN5O2. The van der Waals surface area contributed by atoms with E-state index in [-0.39, 0.29) is 11.8 Å². The first-order chi connectivity index (χ1) is 14.6. The van der Waals surface area contributed by atoms with E-state index in [1.54, 1.807) is 30.5 Å². The van der Waals surface area contributed by atoms with Gasteiger partial charge in [-0.3, -0.25) is 19.5 Å². The van der Waals surface area contributed by atoms with Gasteiger partial charge in [-0.05, 0) is 42.7 Å². The van der Waals surface area contributed by atoms with Gasteiger partial charge in [0.25, 0.3) is 5.91 Å². The fraction of sp³-hybridized carbons (Fsp3) is 0.409. The second-order valence-electron chi connectivity index (χ2n) is 7.86. The standard InChI is InChI=1S/C22H26ClN5O2/c23-19-5-1-4-18(13-19)20(29)25-9-12-27-10-6-22(7-11-27)21(30)26-16-28(22)15-17-3-2-8-24-14-17/h1-5,8,13-14H,6-7,9-12,15-16H2,(H,25,29)(H,26,30). The summed E-state index contributed by atoms with van der Waals surface area (Å²) in [5, 5.41) is 6.53. The summed E-state index contributed by atoms with van der Waals surface area (Å²) in [6, 6.07) is 10.9. The molecule has 0 atom stereocenters. The summed E-state index contributed by atoms with van der Waals surface area (Å²) in [6.07, 6.45) is 5.17. The molecule has 2 fully saturated rings. The minimum Gasteiger partial charge on any atom is -0.351 e. The van der Waals surface area contributed by atoms with E-state index in [1.165, 1.54) is 0 Å². The quantitative estimate of drug-likeness (QED) is 0.736. The SMILES string of the molecule is O=C(NCCN1CCC2(CC1)C(=O)NCN2Cc1cccnc1)c1cccc(Cl)c1. The van der Waals surface area contributed by atoms with Crippen LogP contribution >= 0.6 is 11.6 Å². The van der Waals surface area contributed by atoms with Crippen LogP contribution in [0, 0.1) is 0 Å². The summed E-state index contributed by atoms with van der Waals surface area (Å²) in [5.74, 6) is 0.00379. The Labute approximate surface area is 181 Å². The van der Waals surface area contributed by atoms with E-state index < -0.39 is 5.54 Å². The third kappa shape index (κ3) is 4.48. The monoisotopic (exact) mass is 427 g/mol. The first kappa shape index (κ1) is 20.8. The topological polar surface area (TPSA) is 77.6 Å². The Hall–Kier alpha value is -2.48. The molecule has 2 saturated heterocycles. The Bertz CT molecular complexity index is 899. The average Bonchev–Trinajstić information content (AvgIpc) is 3.05. The maximum Gasteiger partial charge on any atom is 0.251 e. The molecule has 2 amide bonds. The molecule has 8 heteroatoms. The van der Waals surface area contributed by atoms with Crippen molar-refractivity contribution in [2.24, 2.45) is 0 Å². The number of carbonyl (C=O) groups excluding carboxylic acids is 2. The van der Waals surface area contributed by atoms with Crippen LogP contribution in [0.1, 0.15) is 28.8 Å². The lowest BCUT2D eigenvalue weighted by Crippen LogP contribution is -2.56. The molecule has 2 aliphatic rings. The Morgan fingerprint density at radius 2 is 2.07 bits per heavy atom. The minimum atomic E-state index is -0.448. The Morgan fingerprint density at radius 1 is 1.23 bits per heavy atom. The van der Waals surface area contributed by atoms with E-state index in [1.807, 2.05) is 18.3 Å². The third-order valence-electron chi connectivity index (χ3n) is 6.04. The van der Waals surface area contributed by atoms with Gasteiger partial charge in [0.2, 0.25) is 5.91 Å². The lowest BCUT2D eigenvalue weighted by Gasteiger charge is -2.42. The van der Waals surface area contributed by atoms with Crippen LogP contribution in [-0.4, -0.2) is 65.0 Å². The van der Waals surface area contributed by atoms with Gasteiger partial charge in [-0.15, -0.1) is 0 Å². The molecule has 2 N–H and O–H groups in total. The number of carbonyl (C=O) groups is 2. The van der Waals surface area contributed by atoms with E-state index in [0.717, 1.165) is 38.0 Å². The van der Waals surface area contributed by atoms with Crippen molar-refractivity contribution in [3.05, 3.63) is 64.9 Å². The molecule has 3 heterocycles. The zero-order valence-corrected chi connectivity index (χ0v) is 17.6. The van der Waals surface area contributed by atoms with Crippen LogP contribution in [0.4, 0.5) is 0 Å². The van der Waals surface area contributed by atoms with Gasteiger partial charge in [0.05, 0.1) is 6.67 Å². The number of aromatic nitrogens is 1. The number of benzene rings is 1. The highest BCUT2D eigenvalue weighted by atomic mass is 35.5. The highest BCUT2D eigenvalue weighted by Crippen LogP contribution is 2.33. The molecule has 0 bridgehead atoms. The first-order valence-corrected chi connectivity index (χ1v) is 10.6. The van der Waals surface area contributed by atoms with Crippen LogP contribution in [0.25, 0.3) is 0 Å². The van der Waals surface area contributed by atoms with Crippen molar-refractivity contribution < 1.29 is 9.59 Å². The predicted molar refractivity (Wildman–Crippen MR) is 115 cm³/mol. The molecule has 0 aliphatic carbocycles. The second kappa shape index (κ2) is 9.12. The van der Waals surface area contributed by atoms with Crippen molar-refractivity contribution >= 4 is 23.4 Å². The summed E-state index contributed by atoms with van der Waals surface area (Å²) in [6.45, 7) is 4.25. The highest BCUT2D eigenvalue weighted by Gasteiger charge is 2.49. The Morgan fingerprint density at radius 3 is 2.80 bits per heavy atom. The van der Waals surface area contributed by atoms with Gasteiger partial charge in [0, 0.05) is 55.7 Å². The van der Waals surface area contributed by atoms with Crippen molar-refractivity contribution in [2.45, 2.75) is 24.9 Å². The maximum atomic E-state index is 12.7. The Balaban J connectivity index is 1.28. The van der Waals surface area contributed by atoms with Crippen LogP contribution in [0.5, 0.6) is 0 Å². The number of likely N-dealkylation sites (tertiary alicyclic amines) is 1. The summed E-state index contributed by atoms with van der Waals surface area (Å²) in [7, 11) is 0. The number of pyridine rings is 1. The second-order valence-corrected chi connectivity index (χ2v) is 8.30. The number of nitrogens with one attached hydrogen (secondary N) is 2. The minimum absolute atomic E-state index is 0.121. The lowest BCUT2D eigenvalue weighted by molar-refractivity contribution is -0.129. The lowest BCUT2D eigenvalue weighted by atomic mass is 9.86. The largest absolute Gasteiger partial charge is 0.351 e. The van der Waals surface area contributed by atoms with Crippen molar-refractivity contribution in [3.8, 4) is 0 Å². The predicted octanol–water partition coefficient (Wildman–Crippen LogP) is 1.89. The van der Waals surface area contributed by atoms with Crippen LogP contribution in [0.3, 0.4) is 0 Å². The van der Waals surface area contributed by atoms with E-state index in [0.29, 0.717) is 30.3 Å². The van der Waals surface area contributed by atoms with Gasteiger partial charge in [0.1, 0.15) is 5.54 Å². The molecule has 2 aromatic rings. The molecule has 0 saturated carbocycles. The smallest absolute Gasteiger partial charge is 0.251 e. The molecule has 4 rings (SSSR count). The normalized spacial score (nSPS) is 19.0. The van der Waals surface area contributed by atoms with Crippen LogP contribution in [0.2, 0.25) is 5.02 Å². The molecule has 7 nitrogen and oxygen atoms in total. The van der Waals surface area contributed by atoms with Crippen molar-refractivity contribution in [3.63, 3.8) is 0 Å². The summed E-state index contributed by atoms with van der Waals surface area (Å²) >= 11 is 5.95. The number of nitrogens with zero attached hydrogens (tertiary/aromatic N) is 3. The number of hydrogen-bond donors (Lipinski definition) is 2. The number of hydrogen-bond acceptors (Lipinski definition) is 5. The van der Waals surface area contributed by atoms with E-state index in [2.05, 4.69) is 25.4 Å². The molecule has 1 spiro atoms. The zero-order valence-electron chi connectivity index (χ0n) is 16.8. The van der Waals surface area contributed by atoms with E-state index >= 15 is 0 Å². The van der Waals surface area contributed by atoms with Crippen LogP contribution in [0.15, 0.2) is 48.8 Å². The van der Waals surface area contributed by atoms with Crippen LogP contribution in [-0.2, 0) is 11.3 Å². The van der Waals surface area contributed by atoms with E-state index in [9.17, 15) is 9.59 Å². The number of halogens is 1. The van der Waals surface area contributed by atoms with E-state index in [4.69, 9.17) is 11.6 Å². The molecular weight excluding hydrogens is 402 g/mol. The molecule has 2 aliphatic heterocycles. The maximum absolute atomic E-state index is 12.7. The van der Waals surface area contributed by atoms with Crippen LogP contribution < -0.4 is 10.6 Å².